The summed E-state index contributed by atoms with van der Waals surface area (Å²) in [7, 11) is 1.26. The minimum absolute atomic E-state index is 0.198. The first kappa shape index (κ1) is 19.2. The predicted octanol–water partition coefficient (Wildman–Crippen LogP) is 2.31. The van der Waals surface area contributed by atoms with Crippen molar-refractivity contribution in [3.05, 3.63) is 34.3 Å². The predicted molar refractivity (Wildman–Crippen MR) is 87.8 cm³/mol. The fourth-order valence-electron chi connectivity index (χ4n) is 1.89. The van der Waals surface area contributed by atoms with E-state index in [1.165, 1.54) is 7.11 Å². The van der Waals surface area contributed by atoms with E-state index in [-0.39, 0.29) is 5.92 Å². The van der Waals surface area contributed by atoms with Crippen molar-refractivity contribution in [1.29, 1.82) is 0 Å². The molecule has 1 N–H and O–H groups in total. The largest absolute Gasteiger partial charge is 0.467 e. The molecule has 1 rings (SSSR count). The summed E-state index contributed by atoms with van der Waals surface area (Å²) in [5.41, 5.74) is 0.332. The molecular formula is C16H20BrNO5. The van der Waals surface area contributed by atoms with E-state index in [1.807, 2.05) is 13.8 Å². The molecule has 126 valence electrons. The Morgan fingerprint density at radius 1 is 1.26 bits per heavy atom. The van der Waals surface area contributed by atoms with E-state index in [0.29, 0.717) is 12.0 Å². The summed E-state index contributed by atoms with van der Waals surface area (Å²) in [5, 5.41) is 2.52. The molecule has 0 saturated heterocycles. The van der Waals surface area contributed by atoms with Crippen molar-refractivity contribution in [3.8, 4) is 0 Å². The maximum absolute atomic E-state index is 11.9. The Balaban J connectivity index is 2.54. The average Bonchev–Trinajstić information content (AvgIpc) is 2.50. The Bertz CT molecular complexity index is 573. The molecule has 0 aliphatic heterocycles. The SMILES string of the molecule is COC(=O)[C@@H](CC(C)C)NC(=O)COC(=O)c1cccc(Br)c1. The van der Waals surface area contributed by atoms with Gasteiger partial charge in [0.25, 0.3) is 5.91 Å². The smallest absolute Gasteiger partial charge is 0.338 e. The summed E-state index contributed by atoms with van der Waals surface area (Å²) < 4.78 is 10.3. The van der Waals surface area contributed by atoms with Crippen LogP contribution >= 0.6 is 15.9 Å². The summed E-state index contributed by atoms with van der Waals surface area (Å²) >= 11 is 3.25. The van der Waals surface area contributed by atoms with E-state index < -0.39 is 30.5 Å². The molecule has 0 bridgehead atoms. The number of benzene rings is 1. The fraction of sp³-hybridized carbons (Fsp3) is 0.438. The number of hydrogen-bond donors (Lipinski definition) is 1. The number of nitrogens with one attached hydrogen (secondary N) is 1. The summed E-state index contributed by atoms with van der Waals surface area (Å²) in [6.45, 7) is 3.39. The third kappa shape index (κ3) is 6.81. The first-order chi connectivity index (χ1) is 10.8. The van der Waals surface area contributed by atoms with Crippen LogP contribution in [0.15, 0.2) is 28.7 Å². The van der Waals surface area contributed by atoms with Gasteiger partial charge in [0.2, 0.25) is 0 Å². The van der Waals surface area contributed by atoms with Crippen molar-refractivity contribution < 1.29 is 23.9 Å². The zero-order valence-electron chi connectivity index (χ0n) is 13.3. The zero-order chi connectivity index (χ0) is 17.4. The van der Waals surface area contributed by atoms with Gasteiger partial charge in [-0.25, -0.2) is 9.59 Å². The van der Waals surface area contributed by atoms with Crippen molar-refractivity contribution in [1.82, 2.24) is 5.32 Å². The molecule has 1 aromatic rings. The average molecular weight is 386 g/mol. The molecule has 0 radical (unpaired) electrons. The van der Waals surface area contributed by atoms with E-state index in [2.05, 4.69) is 26.0 Å². The molecule has 1 amide bonds. The fourth-order valence-corrected chi connectivity index (χ4v) is 2.29. The second-order valence-corrected chi connectivity index (χ2v) is 6.27. The first-order valence-corrected chi connectivity index (χ1v) is 7.92. The number of rotatable bonds is 7. The topological polar surface area (TPSA) is 81.7 Å². The van der Waals surface area contributed by atoms with Gasteiger partial charge >= 0.3 is 11.9 Å². The van der Waals surface area contributed by atoms with Crippen LogP contribution in [0.25, 0.3) is 0 Å². The van der Waals surface area contributed by atoms with Crippen LogP contribution in [0.3, 0.4) is 0 Å². The molecule has 7 heteroatoms. The van der Waals surface area contributed by atoms with Gasteiger partial charge in [-0.3, -0.25) is 4.79 Å². The molecule has 0 aliphatic rings. The van der Waals surface area contributed by atoms with E-state index >= 15 is 0 Å². The molecule has 6 nitrogen and oxygen atoms in total. The van der Waals surface area contributed by atoms with Gasteiger partial charge in [-0.1, -0.05) is 35.8 Å². The van der Waals surface area contributed by atoms with Crippen LogP contribution in [0.4, 0.5) is 0 Å². The molecule has 23 heavy (non-hydrogen) atoms. The van der Waals surface area contributed by atoms with E-state index in [1.54, 1.807) is 24.3 Å². The van der Waals surface area contributed by atoms with Crippen LogP contribution in [-0.2, 0) is 19.1 Å². The molecule has 1 aromatic carbocycles. The van der Waals surface area contributed by atoms with Gasteiger partial charge < -0.3 is 14.8 Å². The molecule has 0 fully saturated rings. The lowest BCUT2D eigenvalue weighted by Crippen LogP contribution is -2.44. The Hall–Kier alpha value is -1.89. The molecule has 0 aliphatic carbocycles. The van der Waals surface area contributed by atoms with Crippen LogP contribution in [0.5, 0.6) is 0 Å². The van der Waals surface area contributed by atoms with Crippen molar-refractivity contribution in [2.45, 2.75) is 26.3 Å². The summed E-state index contributed by atoms with van der Waals surface area (Å²) in [6.07, 6.45) is 0.442. The standard InChI is InChI=1S/C16H20BrNO5/c1-10(2)7-13(16(21)22-3)18-14(19)9-23-15(20)11-5-4-6-12(17)8-11/h4-6,8,10,13H,7,9H2,1-3H3,(H,18,19)/t13-/m1/s1. The van der Waals surface area contributed by atoms with Crippen LogP contribution in [0.2, 0.25) is 0 Å². The van der Waals surface area contributed by atoms with Crippen molar-refractivity contribution in [2.24, 2.45) is 5.92 Å². The number of esters is 2. The van der Waals surface area contributed by atoms with E-state index in [4.69, 9.17) is 4.74 Å². The second-order valence-electron chi connectivity index (χ2n) is 5.36. The highest BCUT2D eigenvalue weighted by molar-refractivity contribution is 9.10. The Morgan fingerprint density at radius 3 is 2.52 bits per heavy atom. The normalized spacial score (nSPS) is 11.7. The van der Waals surface area contributed by atoms with Gasteiger partial charge in [0.1, 0.15) is 6.04 Å². The number of amides is 1. The van der Waals surface area contributed by atoms with Gasteiger partial charge in [-0.2, -0.15) is 0 Å². The number of methoxy groups -OCH3 is 1. The summed E-state index contributed by atoms with van der Waals surface area (Å²) in [6, 6.07) is 5.89. The minimum atomic E-state index is -0.753. The number of hydrogen-bond acceptors (Lipinski definition) is 5. The molecule has 0 aromatic heterocycles. The highest BCUT2D eigenvalue weighted by Gasteiger charge is 2.23. The second kappa shape index (κ2) is 9.29. The monoisotopic (exact) mass is 385 g/mol. The van der Waals surface area contributed by atoms with Crippen molar-refractivity contribution in [2.75, 3.05) is 13.7 Å². The lowest BCUT2D eigenvalue weighted by Gasteiger charge is -2.18. The van der Waals surface area contributed by atoms with Crippen LogP contribution in [-0.4, -0.2) is 37.6 Å². The third-order valence-electron chi connectivity index (χ3n) is 2.92. The van der Waals surface area contributed by atoms with Crippen LogP contribution < -0.4 is 5.32 Å². The van der Waals surface area contributed by atoms with E-state index in [0.717, 1.165) is 4.47 Å². The maximum atomic E-state index is 11.9. The van der Waals surface area contributed by atoms with Crippen LogP contribution in [0, 0.1) is 5.92 Å². The quantitative estimate of drug-likeness (QED) is 0.728. The highest BCUT2D eigenvalue weighted by atomic mass is 79.9. The third-order valence-corrected chi connectivity index (χ3v) is 3.42. The summed E-state index contributed by atoms with van der Waals surface area (Å²) in [5.74, 6) is -1.49. The molecule has 0 saturated carbocycles. The number of ether oxygens (including phenoxy) is 2. The van der Waals surface area contributed by atoms with Gasteiger partial charge in [-0.15, -0.1) is 0 Å². The van der Waals surface area contributed by atoms with E-state index in [9.17, 15) is 14.4 Å². The Kier molecular flexibility index (Phi) is 7.74. The number of halogens is 1. The Labute approximate surface area is 143 Å². The van der Waals surface area contributed by atoms with Crippen molar-refractivity contribution >= 4 is 33.8 Å². The number of carbonyl (C=O) groups is 3. The lowest BCUT2D eigenvalue weighted by atomic mass is 10.0. The lowest BCUT2D eigenvalue weighted by molar-refractivity contribution is -0.145. The summed E-state index contributed by atoms with van der Waals surface area (Å²) in [4.78, 5) is 35.3. The highest BCUT2D eigenvalue weighted by Crippen LogP contribution is 2.12. The number of carbonyl (C=O) groups excluding carboxylic acids is 3. The van der Waals surface area contributed by atoms with Gasteiger partial charge in [0, 0.05) is 4.47 Å². The molecule has 1 atom stereocenters. The molecule has 0 spiro atoms. The Morgan fingerprint density at radius 2 is 1.96 bits per heavy atom. The van der Waals surface area contributed by atoms with Crippen LogP contribution in [0.1, 0.15) is 30.6 Å². The molecular weight excluding hydrogens is 366 g/mol. The van der Waals surface area contributed by atoms with Gasteiger partial charge in [-0.05, 0) is 30.5 Å². The molecule has 0 heterocycles. The zero-order valence-corrected chi connectivity index (χ0v) is 14.9. The minimum Gasteiger partial charge on any atom is -0.467 e. The van der Waals surface area contributed by atoms with Gasteiger partial charge in [0.05, 0.1) is 12.7 Å². The maximum Gasteiger partial charge on any atom is 0.338 e. The van der Waals surface area contributed by atoms with Gasteiger partial charge in [0.15, 0.2) is 6.61 Å². The molecule has 0 unspecified atom stereocenters. The van der Waals surface area contributed by atoms with Crippen molar-refractivity contribution in [3.63, 3.8) is 0 Å². The first-order valence-electron chi connectivity index (χ1n) is 7.13.